The average Bonchev–Trinajstić information content (AvgIpc) is 2.58. The van der Waals surface area contributed by atoms with Gasteiger partial charge in [0.25, 0.3) is 0 Å². The minimum atomic E-state index is -0.451. The molecule has 1 aliphatic rings. The standard InChI is InChI=1S/C19H21NO4/c1-2-23-19(22)20-17-12-24-18-9-8-14(21)11-16(18)15(17)10-13-6-4-3-5-7-13/h3-9,11,15,17,21H,2,10,12H2,1H3,(H,20,22)/t15-,17+/m0/s1. The quantitative estimate of drug-likeness (QED) is 0.905. The van der Waals surface area contributed by atoms with Crippen molar-refractivity contribution < 1.29 is 19.4 Å². The van der Waals surface area contributed by atoms with Crippen LogP contribution in [0.1, 0.15) is 24.0 Å². The van der Waals surface area contributed by atoms with Gasteiger partial charge in [0.05, 0.1) is 12.6 Å². The first kappa shape index (κ1) is 16.2. The maximum atomic E-state index is 11.8. The van der Waals surface area contributed by atoms with E-state index in [0.29, 0.717) is 13.2 Å². The van der Waals surface area contributed by atoms with Crippen molar-refractivity contribution in [2.24, 2.45) is 0 Å². The van der Waals surface area contributed by atoms with E-state index in [9.17, 15) is 9.90 Å². The molecule has 5 nitrogen and oxygen atoms in total. The highest BCUT2D eigenvalue weighted by Gasteiger charge is 2.32. The highest BCUT2D eigenvalue weighted by atomic mass is 16.5. The Morgan fingerprint density at radius 2 is 2.08 bits per heavy atom. The Hall–Kier alpha value is -2.69. The van der Waals surface area contributed by atoms with Crippen LogP contribution in [0.4, 0.5) is 4.79 Å². The molecular weight excluding hydrogens is 306 g/mol. The molecule has 1 amide bonds. The van der Waals surface area contributed by atoms with Crippen molar-refractivity contribution in [1.82, 2.24) is 5.32 Å². The number of nitrogens with one attached hydrogen (secondary N) is 1. The second-order valence-corrected chi connectivity index (χ2v) is 5.80. The zero-order chi connectivity index (χ0) is 16.9. The minimum Gasteiger partial charge on any atom is -0.508 e. The van der Waals surface area contributed by atoms with E-state index in [2.05, 4.69) is 17.4 Å². The van der Waals surface area contributed by atoms with E-state index in [4.69, 9.17) is 9.47 Å². The Labute approximate surface area is 141 Å². The molecule has 2 aromatic rings. The van der Waals surface area contributed by atoms with E-state index in [-0.39, 0.29) is 17.7 Å². The summed E-state index contributed by atoms with van der Waals surface area (Å²) >= 11 is 0. The van der Waals surface area contributed by atoms with Crippen LogP contribution in [0.2, 0.25) is 0 Å². The van der Waals surface area contributed by atoms with Crippen LogP contribution in [0.15, 0.2) is 48.5 Å². The number of ether oxygens (including phenoxy) is 2. The summed E-state index contributed by atoms with van der Waals surface area (Å²) < 4.78 is 10.8. The SMILES string of the molecule is CCOC(=O)N[C@@H]1COc2ccc(O)cc2[C@@H]1Cc1ccccc1. The van der Waals surface area contributed by atoms with Gasteiger partial charge in [0.1, 0.15) is 18.1 Å². The average molecular weight is 327 g/mol. The van der Waals surface area contributed by atoms with Crippen molar-refractivity contribution in [2.75, 3.05) is 13.2 Å². The van der Waals surface area contributed by atoms with Crippen molar-refractivity contribution >= 4 is 6.09 Å². The number of carbonyl (C=O) groups is 1. The summed E-state index contributed by atoms with van der Waals surface area (Å²) in [5, 5.41) is 12.7. The summed E-state index contributed by atoms with van der Waals surface area (Å²) in [6.07, 6.45) is 0.283. The molecule has 1 aliphatic heterocycles. The fourth-order valence-corrected chi connectivity index (χ4v) is 3.06. The lowest BCUT2D eigenvalue weighted by molar-refractivity contribution is 0.135. The molecule has 2 N–H and O–H groups in total. The van der Waals surface area contributed by atoms with E-state index in [0.717, 1.165) is 23.3 Å². The molecule has 5 heteroatoms. The Morgan fingerprint density at radius 1 is 1.29 bits per heavy atom. The third kappa shape index (κ3) is 3.62. The molecule has 3 rings (SSSR count). The second kappa shape index (κ2) is 7.25. The zero-order valence-corrected chi connectivity index (χ0v) is 13.6. The van der Waals surface area contributed by atoms with E-state index in [1.807, 2.05) is 18.2 Å². The molecule has 0 fully saturated rings. The van der Waals surface area contributed by atoms with Gasteiger partial charge in [-0.1, -0.05) is 30.3 Å². The number of aromatic hydroxyl groups is 1. The number of phenolic OH excluding ortho intramolecular Hbond substituents is 1. The van der Waals surface area contributed by atoms with E-state index < -0.39 is 6.09 Å². The molecule has 0 aliphatic carbocycles. The van der Waals surface area contributed by atoms with Gasteiger partial charge in [-0.2, -0.15) is 0 Å². The highest BCUT2D eigenvalue weighted by molar-refractivity contribution is 5.68. The summed E-state index contributed by atoms with van der Waals surface area (Å²) in [5.41, 5.74) is 2.06. The summed E-state index contributed by atoms with van der Waals surface area (Å²) in [7, 11) is 0. The molecule has 126 valence electrons. The van der Waals surface area contributed by atoms with E-state index >= 15 is 0 Å². The fraction of sp³-hybridized carbons (Fsp3) is 0.316. The number of carbonyl (C=O) groups excluding carboxylic acids is 1. The van der Waals surface area contributed by atoms with E-state index in [1.165, 1.54) is 0 Å². The lowest BCUT2D eigenvalue weighted by Crippen LogP contribution is -2.46. The predicted molar refractivity (Wildman–Crippen MR) is 90.4 cm³/mol. The lowest BCUT2D eigenvalue weighted by Gasteiger charge is -2.34. The van der Waals surface area contributed by atoms with Crippen LogP contribution < -0.4 is 10.1 Å². The lowest BCUT2D eigenvalue weighted by atomic mass is 9.84. The van der Waals surface area contributed by atoms with Gasteiger partial charge in [0, 0.05) is 11.5 Å². The molecule has 2 atom stereocenters. The molecular formula is C19H21NO4. The molecule has 0 spiro atoms. The summed E-state index contributed by atoms with van der Waals surface area (Å²) in [5.74, 6) is 0.926. The molecule has 0 unspecified atom stereocenters. The summed E-state index contributed by atoms with van der Waals surface area (Å²) in [4.78, 5) is 11.8. The number of benzene rings is 2. The number of hydrogen-bond donors (Lipinski definition) is 2. The van der Waals surface area contributed by atoms with Gasteiger partial charge in [0.2, 0.25) is 0 Å². The Morgan fingerprint density at radius 3 is 2.83 bits per heavy atom. The van der Waals surface area contributed by atoms with Crippen LogP contribution in [0, 0.1) is 0 Å². The van der Waals surface area contributed by atoms with Gasteiger partial charge in [-0.25, -0.2) is 4.79 Å². The van der Waals surface area contributed by atoms with Crippen LogP contribution in [-0.2, 0) is 11.2 Å². The first-order chi connectivity index (χ1) is 11.7. The summed E-state index contributed by atoms with van der Waals surface area (Å²) in [6, 6.07) is 14.9. The number of amides is 1. The van der Waals surface area contributed by atoms with Gasteiger partial charge >= 0.3 is 6.09 Å². The van der Waals surface area contributed by atoms with Crippen LogP contribution in [0.25, 0.3) is 0 Å². The Kier molecular flexibility index (Phi) is 4.89. The van der Waals surface area contributed by atoms with Crippen molar-refractivity contribution in [2.45, 2.75) is 25.3 Å². The van der Waals surface area contributed by atoms with Crippen molar-refractivity contribution in [1.29, 1.82) is 0 Å². The van der Waals surface area contributed by atoms with Crippen LogP contribution >= 0.6 is 0 Å². The Balaban J connectivity index is 1.89. The van der Waals surface area contributed by atoms with Crippen LogP contribution in [0.5, 0.6) is 11.5 Å². The van der Waals surface area contributed by atoms with Crippen molar-refractivity contribution in [3.05, 3.63) is 59.7 Å². The third-order valence-electron chi connectivity index (χ3n) is 4.17. The van der Waals surface area contributed by atoms with Gasteiger partial charge in [-0.05, 0) is 37.1 Å². The van der Waals surface area contributed by atoms with Gasteiger partial charge < -0.3 is 19.9 Å². The minimum absolute atomic E-state index is 0.00680. The highest BCUT2D eigenvalue weighted by Crippen LogP contribution is 2.38. The van der Waals surface area contributed by atoms with E-state index in [1.54, 1.807) is 25.1 Å². The summed E-state index contributed by atoms with van der Waals surface area (Å²) in [6.45, 7) is 2.46. The van der Waals surface area contributed by atoms with Gasteiger partial charge in [-0.15, -0.1) is 0 Å². The normalized spacial score (nSPS) is 19.0. The Bertz CT molecular complexity index is 702. The third-order valence-corrected chi connectivity index (χ3v) is 4.17. The topological polar surface area (TPSA) is 67.8 Å². The zero-order valence-electron chi connectivity index (χ0n) is 13.6. The second-order valence-electron chi connectivity index (χ2n) is 5.80. The van der Waals surface area contributed by atoms with Gasteiger partial charge in [0.15, 0.2) is 0 Å². The van der Waals surface area contributed by atoms with Gasteiger partial charge in [-0.3, -0.25) is 0 Å². The number of fused-ring (bicyclic) bond motifs is 1. The number of alkyl carbamates (subject to hydrolysis) is 1. The molecule has 0 aromatic heterocycles. The maximum Gasteiger partial charge on any atom is 0.407 e. The monoisotopic (exact) mass is 327 g/mol. The molecule has 2 aromatic carbocycles. The number of phenols is 1. The van der Waals surface area contributed by atoms with Crippen LogP contribution in [-0.4, -0.2) is 30.5 Å². The first-order valence-electron chi connectivity index (χ1n) is 8.10. The fourth-order valence-electron chi connectivity index (χ4n) is 3.06. The van der Waals surface area contributed by atoms with Crippen LogP contribution in [0.3, 0.4) is 0 Å². The molecule has 0 saturated heterocycles. The maximum absolute atomic E-state index is 11.8. The van der Waals surface area contributed by atoms with Crippen molar-refractivity contribution in [3.8, 4) is 11.5 Å². The largest absolute Gasteiger partial charge is 0.508 e. The molecule has 0 radical (unpaired) electrons. The first-order valence-corrected chi connectivity index (χ1v) is 8.10. The smallest absolute Gasteiger partial charge is 0.407 e. The van der Waals surface area contributed by atoms with Crippen molar-refractivity contribution in [3.63, 3.8) is 0 Å². The molecule has 0 saturated carbocycles. The molecule has 0 bridgehead atoms. The number of rotatable bonds is 4. The molecule has 1 heterocycles. The molecule has 24 heavy (non-hydrogen) atoms. The number of hydrogen-bond acceptors (Lipinski definition) is 4. The predicted octanol–water partition coefficient (Wildman–Crippen LogP) is 3.23.